The predicted octanol–water partition coefficient (Wildman–Crippen LogP) is 2.20. The molecule has 0 aliphatic carbocycles. The highest BCUT2D eigenvalue weighted by Gasteiger charge is 2.00. The fourth-order valence-electron chi connectivity index (χ4n) is 1.49. The summed E-state index contributed by atoms with van der Waals surface area (Å²) in [4.78, 5) is 0. The van der Waals surface area contributed by atoms with E-state index in [-0.39, 0.29) is 0 Å². The second-order valence-electron chi connectivity index (χ2n) is 4.12. The van der Waals surface area contributed by atoms with E-state index in [0.717, 1.165) is 38.4 Å². The van der Waals surface area contributed by atoms with Crippen LogP contribution in [0.1, 0.15) is 25.5 Å². The SMILES string of the molecule is COCCC(C)NCCCOCc1ccco1. The molecule has 1 aromatic rings. The molecule has 1 unspecified atom stereocenters. The lowest BCUT2D eigenvalue weighted by Gasteiger charge is -2.12. The first-order valence-corrected chi connectivity index (χ1v) is 6.15. The molecule has 1 N–H and O–H groups in total. The van der Waals surface area contributed by atoms with E-state index in [1.54, 1.807) is 13.4 Å². The number of rotatable bonds is 10. The molecule has 98 valence electrons. The zero-order valence-electron chi connectivity index (χ0n) is 10.8. The van der Waals surface area contributed by atoms with Crippen LogP contribution in [-0.4, -0.2) is 32.9 Å². The number of methoxy groups -OCH3 is 1. The fraction of sp³-hybridized carbons (Fsp3) is 0.692. The van der Waals surface area contributed by atoms with Gasteiger partial charge in [0.1, 0.15) is 12.4 Å². The van der Waals surface area contributed by atoms with Crippen molar-refractivity contribution in [3.63, 3.8) is 0 Å². The summed E-state index contributed by atoms with van der Waals surface area (Å²) >= 11 is 0. The maximum absolute atomic E-state index is 5.48. The van der Waals surface area contributed by atoms with Crippen molar-refractivity contribution in [3.8, 4) is 0 Å². The Morgan fingerprint density at radius 2 is 2.29 bits per heavy atom. The number of ether oxygens (including phenoxy) is 2. The van der Waals surface area contributed by atoms with E-state index in [2.05, 4.69) is 12.2 Å². The largest absolute Gasteiger partial charge is 0.467 e. The van der Waals surface area contributed by atoms with Gasteiger partial charge in [0, 0.05) is 26.4 Å². The Morgan fingerprint density at radius 3 is 3.00 bits per heavy atom. The van der Waals surface area contributed by atoms with Crippen LogP contribution in [0.5, 0.6) is 0 Å². The van der Waals surface area contributed by atoms with Crippen LogP contribution in [-0.2, 0) is 16.1 Å². The van der Waals surface area contributed by atoms with Crippen molar-refractivity contribution in [2.45, 2.75) is 32.4 Å². The smallest absolute Gasteiger partial charge is 0.129 e. The molecule has 0 radical (unpaired) electrons. The van der Waals surface area contributed by atoms with Gasteiger partial charge in [0.05, 0.1) is 6.26 Å². The summed E-state index contributed by atoms with van der Waals surface area (Å²) in [5.74, 6) is 0.881. The number of hydrogen-bond acceptors (Lipinski definition) is 4. The van der Waals surface area contributed by atoms with E-state index in [1.807, 2.05) is 12.1 Å². The highest BCUT2D eigenvalue weighted by atomic mass is 16.5. The van der Waals surface area contributed by atoms with E-state index in [1.165, 1.54) is 0 Å². The highest BCUT2D eigenvalue weighted by molar-refractivity contribution is 4.95. The summed E-state index contributed by atoms with van der Waals surface area (Å²) in [6, 6.07) is 4.29. The first kappa shape index (κ1) is 14.2. The molecule has 0 amide bonds. The normalized spacial score (nSPS) is 12.8. The summed E-state index contributed by atoms with van der Waals surface area (Å²) in [5, 5.41) is 3.43. The van der Waals surface area contributed by atoms with Crippen LogP contribution in [0.4, 0.5) is 0 Å². The Morgan fingerprint density at radius 1 is 1.41 bits per heavy atom. The Hall–Kier alpha value is -0.840. The molecular weight excluding hydrogens is 218 g/mol. The number of nitrogens with one attached hydrogen (secondary N) is 1. The van der Waals surface area contributed by atoms with Crippen LogP contribution < -0.4 is 5.32 Å². The van der Waals surface area contributed by atoms with Gasteiger partial charge in [-0.05, 0) is 38.4 Å². The zero-order chi connectivity index (χ0) is 12.3. The van der Waals surface area contributed by atoms with E-state index in [9.17, 15) is 0 Å². The molecule has 0 spiro atoms. The highest BCUT2D eigenvalue weighted by Crippen LogP contribution is 2.01. The number of furan rings is 1. The monoisotopic (exact) mass is 241 g/mol. The van der Waals surface area contributed by atoms with Crippen molar-refractivity contribution in [2.24, 2.45) is 0 Å². The van der Waals surface area contributed by atoms with Crippen molar-refractivity contribution in [1.82, 2.24) is 5.32 Å². The molecule has 1 aromatic heterocycles. The summed E-state index contributed by atoms with van der Waals surface area (Å²) in [5.41, 5.74) is 0. The zero-order valence-corrected chi connectivity index (χ0v) is 10.8. The third-order valence-corrected chi connectivity index (χ3v) is 2.54. The Labute approximate surface area is 103 Å². The van der Waals surface area contributed by atoms with E-state index in [0.29, 0.717) is 12.6 Å². The minimum Gasteiger partial charge on any atom is -0.467 e. The lowest BCUT2D eigenvalue weighted by Crippen LogP contribution is -2.28. The van der Waals surface area contributed by atoms with Gasteiger partial charge in [0.25, 0.3) is 0 Å². The lowest BCUT2D eigenvalue weighted by molar-refractivity contribution is 0.103. The second kappa shape index (κ2) is 9.22. The summed E-state index contributed by atoms with van der Waals surface area (Å²) in [7, 11) is 1.73. The molecule has 1 atom stereocenters. The quantitative estimate of drug-likeness (QED) is 0.638. The van der Waals surface area contributed by atoms with Gasteiger partial charge in [-0.15, -0.1) is 0 Å². The second-order valence-corrected chi connectivity index (χ2v) is 4.12. The molecule has 0 fully saturated rings. The minimum absolute atomic E-state index is 0.500. The summed E-state index contributed by atoms with van der Waals surface area (Å²) < 4.78 is 15.7. The molecule has 1 heterocycles. The fourth-order valence-corrected chi connectivity index (χ4v) is 1.49. The van der Waals surface area contributed by atoms with Crippen LogP contribution in [0.2, 0.25) is 0 Å². The third-order valence-electron chi connectivity index (χ3n) is 2.54. The first-order chi connectivity index (χ1) is 8.33. The molecular formula is C13H23NO3. The van der Waals surface area contributed by atoms with Gasteiger partial charge in [-0.1, -0.05) is 0 Å². The minimum atomic E-state index is 0.500. The van der Waals surface area contributed by atoms with Crippen LogP contribution in [0.15, 0.2) is 22.8 Å². The lowest BCUT2D eigenvalue weighted by atomic mass is 10.2. The molecule has 0 bridgehead atoms. The predicted molar refractivity (Wildman–Crippen MR) is 66.9 cm³/mol. The van der Waals surface area contributed by atoms with Gasteiger partial charge in [-0.3, -0.25) is 0 Å². The van der Waals surface area contributed by atoms with Crippen LogP contribution in [0.3, 0.4) is 0 Å². The average Bonchev–Trinajstić information content (AvgIpc) is 2.84. The van der Waals surface area contributed by atoms with Gasteiger partial charge >= 0.3 is 0 Å². The standard InChI is InChI=1S/C13H23NO3/c1-12(6-10-15-2)14-7-4-8-16-11-13-5-3-9-17-13/h3,5,9,12,14H,4,6-8,10-11H2,1-2H3. The molecule has 0 saturated heterocycles. The Kier molecular flexibility index (Phi) is 7.71. The van der Waals surface area contributed by atoms with Crippen molar-refractivity contribution < 1.29 is 13.9 Å². The molecule has 0 aliphatic heterocycles. The summed E-state index contributed by atoms with van der Waals surface area (Å²) in [6.45, 7) is 5.27. The molecule has 4 nitrogen and oxygen atoms in total. The molecule has 4 heteroatoms. The van der Waals surface area contributed by atoms with E-state index in [4.69, 9.17) is 13.9 Å². The Balaban J connectivity index is 1.87. The van der Waals surface area contributed by atoms with E-state index < -0.39 is 0 Å². The van der Waals surface area contributed by atoms with Gasteiger partial charge < -0.3 is 19.2 Å². The molecule has 0 aliphatic rings. The molecule has 1 rings (SSSR count). The molecule has 0 saturated carbocycles. The maximum atomic E-state index is 5.48. The van der Waals surface area contributed by atoms with Gasteiger partial charge in [0.2, 0.25) is 0 Å². The maximum Gasteiger partial charge on any atom is 0.129 e. The van der Waals surface area contributed by atoms with Crippen molar-refractivity contribution in [3.05, 3.63) is 24.2 Å². The van der Waals surface area contributed by atoms with Crippen LogP contribution in [0, 0.1) is 0 Å². The third kappa shape index (κ3) is 7.15. The summed E-state index contributed by atoms with van der Waals surface area (Å²) in [6.07, 6.45) is 3.72. The van der Waals surface area contributed by atoms with Crippen molar-refractivity contribution in [2.75, 3.05) is 26.9 Å². The van der Waals surface area contributed by atoms with Crippen LogP contribution in [0.25, 0.3) is 0 Å². The average molecular weight is 241 g/mol. The van der Waals surface area contributed by atoms with Crippen molar-refractivity contribution >= 4 is 0 Å². The van der Waals surface area contributed by atoms with E-state index >= 15 is 0 Å². The molecule has 17 heavy (non-hydrogen) atoms. The van der Waals surface area contributed by atoms with Crippen LogP contribution >= 0.6 is 0 Å². The first-order valence-electron chi connectivity index (χ1n) is 6.15. The topological polar surface area (TPSA) is 43.6 Å². The van der Waals surface area contributed by atoms with Crippen molar-refractivity contribution in [1.29, 1.82) is 0 Å². The number of hydrogen-bond donors (Lipinski definition) is 1. The Bertz CT molecular complexity index is 262. The van der Waals surface area contributed by atoms with Gasteiger partial charge in [-0.25, -0.2) is 0 Å². The van der Waals surface area contributed by atoms with Gasteiger partial charge in [0.15, 0.2) is 0 Å². The molecule has 0 aromatic carbocycles. The van der Waals surface area contributed by atoms with Gasteiger partial charge in [-0.2, -0.15) is 0 Å².